The van der Waals surface area contributed by atoms with Gasteiger partial charge in [-0.05, 0) is 61.2 Å². The Morgan fingerprint density at radius 2 is 1.95 bits per heavy atom. The lowest BCUT2D eigenvalue weighted by Gasteiger charge is -2.25. The van der Waals surface area contributed by atoms with Crippen LogP contribution in [0, 0.1) is 5.82 Å². The van der Waals surface area contributed by atoms with Gasteiger partial charge in [-0.2, -0.15) is 0 Å². The molecule has 1 heterocycles. The first-order chi connectivity index (χ1) is 10.3. The van der Waals surface area contributed by atoms with Crippen LogP contribution in [0.15, 0.2) is 42.5 Å². The second-order valence-electron chi connectivity index (χ2n) is 5.51. The fraction of sp³-hybridized carbons (Fsp3) is 0.333. The number of nitrogens with one attached hydrogen (secondary N) is 1. The largest absolute Gasteiger partial charge is 0.385 e. The predicted octanol–water partition coefficient (Wildman–Crippen LogP) is 4.21. The minimum Gasteiger partial charge on any atom is -0.385 e. The molecule has 0 aromatic heterocycles. The first-order valence-corrected chi connectivity index (χ1v) is 7.62. The molecule has 1 N–H and O–H groups in total. The number of nitrogens with zero attached hydrogens (tertiary/aromatic N) is 1. The maximum Gasteiger partial charge on any atom is 0.123 e. The summed E-state index contributed by atoms with van der Waals surface area (Å²) in [6.07, 6.45) is 2.35. The highest BCUT2D eigenvalue weighted by atomic mass is 19.1. The van der Waals surface area contributed by atoms with Gasteiger partial charge < -0.3 is 10.2 Å². The lowest BCUT2D eigenvalue weighted by molar-refractivity contribution is 0.627. The van der Waals surface area contributed by atoms with Gasteiger partial charge in [0.05, 0.1) is 0 Å². The van der Waals surface area contributed by atoms with Crippen LogP contribution in [0.5, 0.6) is 0 Å². The molecular formula is C18H21FN2. The molecule has 0 amide bonds. The number of benzene rings is 2. The Hall–Kier alpha value is -2.03. The lowest BCUT2D eigenvalue weighted by Crippen LogP contribution is -2.22. The van der Waals surface area contributed by atoms with Gasteiger partial charge in [-0.15, -0.1) is 0 Å². The molecule has 0 radical (unpaired) electrons. The molecule has 0 aliphatic carbocycles. The number of anilines is 2. The summed E-state index contributed by atoms with van der Waals surface area (Å²) < 4.78 is 13.0. The molecular weight excluding hydrogens is 263 g/mol. The molecule has 0 saturated heterocycles. The number of halogens is 1. The zero-order valence-corrected chi connectivity index (χ0v) is 12.4. The van der Waals surface area contributed by atoms with Crippen LogP contribution in [0.25, 0.3) is 0 Å². The van der Waals surface area contributed by atoms with E-state index in [1.807, 2.05) is 12.1 Å². The molecule has 0 fully saturated rings. The van der Waals surface area contributed by atoms with E-state index in [1.165, 1.54) is 35.4 Å². The normalized spacial score (nSPS) is 13.4. The average Bonchev–Trinajstić information content (AvgIpc) is 2.53. The highest BCUT2D eigenvalue weighted by Crippen LogP contribution is 2.25. The third-order valence-corrected chi connectivity index (χ3v) is 4.05. The number of aryl methyl sites for hydroxylation is 1. The lowest BCUT2D eigenvalue weighted by atomic mass is 10.0. The molecule has 110 valence electrons. The zero-order chi connectivity index (χ0) is 14.7. The van der Waals surface area contributed by atoms with Gasteiger partial charge in [-0.1, -0.05) is 12.1 Å². The standard InChI is InChI=1S/C18H21FN2/c1-2-21(17-8-6-16(19)7-9-17)13-14-5-10-18-15(12-14)4-3-11-20-18/h5-10,12,20H,2-4,11,13H2,1H3. The first kappa shape index (κ1) is 13.9. The summed E-state index contributed by atoms with van der Waals surface area (Å²) in [7, 11) is 0. The van der Waals surface area contributed by atoms with E-state index in [0.29, 0.717) is 0 Å². The van der Waals surface area contributed by atoms with Gasteiger partial charge in [-0.25, -0.2) is 4.39 Å². The second kappa shape index (κ2) is 6.17. The van der Waals surface area contributed by atoms with Gasteiger partial charge in [0, 0.05) is 31.0 Å². The van der Waals surface area contributed by atoms with E-state index < -0.39 is 0 Å². The monoisotopic (exact) mass is 284 g/mol. The molecule has 0 spiro atoms. The molecule has 2 aromatic rings. The van der Waals surface area contributed by atoms with Crippen LogP contribution in [0.4, 0.5) is 15.8 Å². The van der Waals surface area contributed by atoms with Crippen molar-refractivity contribution in [2.24, 2.45) is 0 Å². The van der Waals surface area contributed by atoms with E-state index in [2.05, 4.69) is 35.3 Å². The van der Waals surface area contributed by atoms with E-state index in [9.17, 15) is 4.39 Å². The molecule has 3 heteroatoms. The first-order valence-electron chi connectivity index (χ1n) is 7.62. The topological polar surface area (TPSA) is 15.3 Å². The molecule has 3 rings (SSSR count). The highest BCUT2D eigenvalue weighted by molar-refractivity contribution is 5.55. The smallest absolute Gasteiger partial charge is 0.123 e. The third kappa shape index (κ3) is 3.18. The van der Waals surface area contributed by atoms with Gasteiger partial charge in [-0.3, -0.25) is 0 Å². The van der Waals surface area contributed by atoms with E-state index >= 15 is 0 Å². The number of hydrogen-bond acceptors (Lipinski definition) is 2. The van der Waals surface area contributed by atoms with Crippen molar-refractivity contribution in [2.75, 3.05) is 23.3 Å². The van der Waals surface area contributed by atoms with E-state index in [4.69, 9.17) is 0 Å². The van der Waals surface area contributed by atoms with Gasteiger partial charge in [0.25, 0.3) is 0 Å². The molecule has 21 heavy (non-hydrogen) atoms. The quantitative estimate of drug-likeness (QED) is 0.904. The van der Waals surface area contributed by atoms with Crippen molar-refractivity contribution in [2.45, 2.75) is 26.3 Å². The van der Waals surface area contributed by atoms with Crippen molar-refractivity contribution in [3.8, 4) is 0 Å². The Kier molecular flexibility index (Phi) is 4.09. The van der Waals surface area contributed by atoms with Crippen LogP contribution < -0.4 is 10.2 Å². The molecule has 0 atom stereocenters. The summed E-state index contributed by atoms with van der Waals surface area (Å²) in [4.78, 5) is 2.26. The summed E-state index contributed by atoms with van der Waals surface area (Å²) >= 11 is 0. The molecule has 2 nitrogen and oxygen atoms in total. The van der Waals surface area contributed by atoms with Crippen LogP contribution in [0.1, 0.15) is 24.5 Å². The van der Waals surface area contributed by atoms with Crippen molar-refractivity contribution in [1.29, 1.82) is 0 Å². The molecule has 1 aliphatic rings. The maximum atomic E-state index is 13.0. The SMILES string of the molecule is CCN(Cc1ccc2c(c1)CCCN2)c1ccc(F)cc1. The highest BCUT2D eigenvalue weighted by Gasteiger charge is 2.11. The van der Waals surface area contributed by atoms with Crippen LogP contribution in [-0.4, -0.2) is 13.1 Å². The predicted molar refractivity (Wildman–Crippen MR) is 86.4 cm³/mol. The van der Waals surface area contributed by atoms with Crippen molar-refractivity contribution in [3.63, 3.8) is 0 Å². The van der Waals surface area contributed by atoms with Crippen LogP contribution in [-0.2, 0) is 13.0 Å². The molecule has 2 aromatic carbocycles. The van der Waals surface area contributed by atoms with E-state index in [-0.39, 0.29) is 5.82 Å². The van der Waals surface area contributed by atoms with Gasteiger partial charge in [0.15, 0.2) is 0 Å². The molecule has 0 unspecified atom stereocenters. The van der Waals surface area contributed by atoms with Crippen molar-refractivity contribution >= 4 is 11.4 Å². The average molecular weight is 284 g/mol. The van der Waals surface area contributed by atoms with Gasteiger partial charge in [0.2, 0.25) is 0 Å². The molecule has 0 saturated carbocycles. The second-order valence-corrected chi connectivity index (χ2v) is 5.51. The fourth-order valence-corrected chi connectivity index (χ4v) is 2.88. The summed E-state index contributed by atoms with van der Waals surface area (Å²) in [5, 5.41) is 3.44. The van der Waals surface area contributed by atoms with Crippen molar-refractivity contribution < 1.29 is 4.39 Å². The Labute approximate surface area is 125 Å². The van der Waals surface area contributed by atoms with E-state index in [0.717, 1.165) is 31.7 Å². The number of rotatable bonds is 4. The van der Waals surface area contributed by atoms with E-state index in [1.54, 1.807) is 0 Å². The molecule has 1 aliphatic heterocycles. The Morgan fingerprint density at radius 1 is 1.14 bits per heavy atom. The van der Waals surface area contributed by atoms with Crippen LogP contribution in [0.2, 0.25) is 0 Å². The maximum absolute atomic E-state index is 13.0. The van der Waals surface area contributed by atoms with Crippen molar-refractivity contribution in [1.82, 2.24) is 0 Å². The molecule has 0 bridgehead atoms. The Balaban J connectivity index is 1.79. The number of hydrogen-bond donors (Lipinski definition) is 1. The minimum atomic E-state index is -0.186. The summed E-state index contributed by atoms with van der Waals surface area (Å²) in [6, 6.07) is 13.4. The summed E-state index contributed by atoms with van der Waals surface area (Å²) in [6.45, 7) is 4.96. The summed E-state index contributed by atoms with van der Waals surface area (Å²) in [5.41, 5.74) is 5.06. The Morgan fingerprint density at radius 3 is 2.71 bits per heavy atom. The zero-order valence-electron chi connectivity index (χ0n) is 12.4. The van der Waals surface area contributed by atoms with Crippen molar-refractivity contribution in [3.05, 3.63) is 59.4 Å². The minimum absolute atomic E-state index is 0.186. The van der Waals surface area contributed by atoms with Gasteiger partial charge >= 0.3 is 0 Å². The Bertz CT molecular complexity index is 607. The van der Waals surface area contributed by atoms with Crippen LogP contribution in [0.3, 0.4) is 0 Å². The van der Waals surface area contributed by atoms with Crippen LogP contribution >= 0.6 is 0 Å². The number of fused-ring (bicyclic) bond motifs is 1. The summed E-state index contributed by atoms with van der Waals surface area (Å²) in [5.74, 6) is -0.186. The fourth-order valence-electron chi connectivity index (χ4n) is 2.88. The third-order valence-electron chi connectivity index (χ3n) is 4.05. The van der Waals surface area contributed by atoms with Gasteiger partial charge in [0.1, 0.15) is 5.82 Å².